The number of anilines is 1. The van der Waals surface area contributed by atoms with Crippen molar-refractivity contribution in [1.82, 2.24) is 19.6 Å². The molecule has 3 rings (SSSR count). The Morgan fingerprint density at radius 1 is 1.25 bits per heavy atom. The second kappa shape index (κ2) is 8.26. The smallest absolute Gasteiger partial charge is 0.274 e. The molecule has 2 amide bonds. The minimum absolute atomic E-state index is 0.244. The van der Waals surface area contributed by atoms with Gasteiger partial charge < -0.3 is 18.9 Å². The molecule has 2 heterocycles. The number of nitrogens with zero attached hydrogens (tertiary/aromatic N) is 5. The quantitative estimate of drug-likeness (QED) is 0.568. The third-order valence-electron chi connectivity index (χ3n) is 4.32. The Bertz CT molecular complexity index is 966. The van der Waals surface area contributed by atoms with Gasteiger partial charge in [-0.15, -0.1) is 0 Å². The summed E-state index contributed by atoms with van der Waals surface area (Å²) in [6, 6.07) is 9.05. The lowest BCUT2D eigenvalue weighted by molar-refractivity contribution is -0.107. The van der Waals surface area contributed by atoms with Crippen LogP contribution in [0.15, 0.2) is 41.1 Å². The molecule has 0 saturated heterocycles. The first-order chi connectivity index (χ1) is 13.4. The summed E-state index contributed by atoms with van der Waals surface area (Å²) in [5, 5.41) is 4.29. The summed E-state index contributed by atoms with van der Waals surface area (Å²) in [7, 11) is 3.22. The molecule has 0 aliphatic heterocycles. The second-order valence-electron chi connectivity index (χ2n) is 6.40. The Morgan fingerprint density at radius 3 is 2.57 bits per heavy atom. The average molecular weight is 402 g/mol. The topological polar surface area (TPSA) is 84.5 Å². The van der Waals surface area contributed by atoms with E-state index in [0.29, 0.717) is 41.1 Å². The van der Waals surface area contributed by atoms with Gasteiger partial charge >= 0.3 is 0 Å². The number of amides is 2. The SMILES string of the molecule is Cc1nc(N(C)C=O)c(C(=O)N(C)Cc2ccno2)n1Cc1ccc(Cl)cc1. The van der Waals surface area contributed by atoms with E-state index in [-0.39, 0.29) is 12.5 Å². The third-order valence-corrected chi connectivity index (χ3v) is 4.57. The number of carbonyl (C=O) groups is 2. The predicted molar refractivity (Wildman–Crippen MR) is 104 cm³/mol. The van der Waals surface area contributed by atoms with Crippen LogP contribution in [-0.4, -0.2) is 46.0 Å². The van der Waals surface area contributed by atoms with E-state index in [2.05, 4.69) is 10.1 Å². The van der Waals surface area contributed by atoms with Gasteiger partial charge in [0.2, 0.25) is 6.41 Å². The van der Waals surface area contributed by atoms with E-state index in [4.69, 9.17) is 16.1 Å². The number of benzene rings is 1. The van der Waals surface area contributed by atoms with Gasteiger partial charge in [-0.25, -0.2) is 4.98 Å². The van der Waals surface area contributed by atoms with Crippen molar-refractivity contribution in [3.8, 4) is 0 Å². The van der Waals surface area contributed by atoms with E-state index in [1.54, 1.807) is 43.8 Å². The van der Waals surface area contributed by atoms with E-state index in [9.17, 15) is 9.59 Å². The Balaban J connectivity index is 1.99. The van der Waals surface area contributed by atoms with Crippen LogP contribution in [0.2, 0.25) is 5.02 Å². The summed E-state index contributed by atoms with van der Waals surface area (Å²) in [5.41, 5.74) is 1.28. The molecule has 0 radical (unpaired) electrons. The number of imidazole rings is 1. The van der Waals surface area contributed by atoms with Crippen LogP contribution in [0.3, 0.4) is 0 Å². The highest BCUT2D eigenvalue weighted by molar-refractivity contribution is 6.30. The predicted octanol–water partition coefficient (Wildman–Crippen LogP) is 2.75. The molecule has 0 fully saturated rings. The van der Waals surface area contributed by atoms with E-state index in [1.165, 1.54) is 16.0 Å². The number of carbonyl (C=O) groups excluding carboxylic acids is 2. The highest BCUT2D eigenvalue weighted by Crippen LogP contribution is 2.24. The van der Waals surface area contributed by atoms with Crippen molar-refractivity contribution in [2.24, 2.45) is 0 Å². The van der Waals surface area contributed by atoms with Crippen molar-refractivity contribution in [2.45, 2.75) is 20.0 Å². The van der Waals surface area contributed by atoms with Gasteiger partial charge in [0.25, 0.3) is 5.91 Å². The Morgan fingerprint density at radius 2 is 1.96 bits per heavy atom. The first kappa shape index (κ1) is 19.6. The van der Waals surface area contributed by atoms with Gasteiger partial charge in [0.15, 0.2) is 17.3 Å². The zero-order chi connectivity index (χ0) is 20.3. The molecule has 0 saturated carbocycles. The average Bonchev–Trinajstić information content (AvgIpc) is 3.30. The maximum atomic E-state index is 13.2. The first-order valence-corrected chi connectivity index (χ1v) is 8.93. The molecule has 0 spiro atoms. The molecule has 28 heavy (non-hydrogen) atoms. The number of hydrogen-bond donors (Lipinski definition) is 0. The third kappa shape index (κ3) is 4.07. The number of halogens is 1. The standard InChI is InChI=1S/C19H20ClN5O3/c1-13-22-18(24(3)12-26)17(19(27)23(2)11-16-8-9-21-28-16)25(13)10-14-4-6-15(20)7-5-14/h4-9,12H,10-11H2,1-3H3. The fourth-order valence-corrected chi connectivity index (χ4v) is 2.96. The molecular weight excluding hydrogens is 382 g/mol. The summed E-state index contributed by atoms with van der Waals surface area (Å²) < 4.78 is 6.88. The fraction of sp³-hybridized carbons (Fsp3) is 0.263. The summed E-state index contributed by atoms with van der Waals surface area (Å²) in [4.78, 5) is 31.8. The number of hydrogen-bond acceptors (Lipinski definition) is 5. The molecule has 146 valence electrons. The molecule has 0 atom stereocenters. The monoisotopic (exact) mass is 401 g/mol. The zero-order valence-electron chi connectivity index (χ0n) is 15.8. The zero-order valence-corrected chi connectivity index (χ0v) is 16.6. The van der Waals surface area contributed by atoms with Gasteiger partial charge in [-0.05, 0) is 24.6 Å². The van der Waals surface area contributed by atoms with Crippen LogP contribution >= 0.6 is 11.6 Å². The van der Waals surface area contributed by atoms with Gasteiger partial charge in [-0.2, -0.15) is 0 Å². The summed E-state index contributed by atoms with van der Waals surface area (Å²) in [5.74, 6) is 1.20. The molecular formula is C19H20ClN5O3. The Labute approximate surface area is 167 Å². The molecule has 0 aliphatic carbocycles. The van der Waals surface area contributed by atoms with Crippen LogP contribution in [0.5, 0.6) is 0 Å². The van der Waals surface area contributed by atoms with Gasteiger partial charge in [0.05, 0.1) is 12.7 Å². The van der Waals surface area contributed by atoms with E-state index in [1.807, 2.05) is 12.1 Å². The van der Waals surface area contributed by atoms with Crippen LogP contribution in [0.4, 0.5) is 5.82 Å². The number of aromatic nitrogens is 3. The minimum atomic E-state index is -0.283. The second-order valence-corrected chi connectivity index (χ2v) is 6.84. The minimum Gasteiger partial charge on any atom is -0.360 e. The lowest BCUT2D eigenvalue weighted by Gasteiger charge is -2.19. The molecule has 1 aromatic carbocycles. The van der Waals surface area contributed by atoms with Crippen molar-refractivity contribution in [3.63, 3.8) is 0 Å². The summed E-state index contributed by atoms with van der Waals surface area (Å²) in [6.45, 7) is 2.46. The van der Waals surface area contributed by atoms with Crippen molar-refractivity contribution in [3.05, 3.63) is 64.4 Å². The van der Waals surface area contributed by atoms with Crippen LogP contribution in [0.25, 0.3) is 0 Å². The van der Waals surface area contributed by atoms with Gasteiger partial charge in [-0.1, -0.05) is 28.9 Å². The van der Waals surface area contributed by atoms with Crippen LogP contribution < -0.4 is 4.90 Å². The highest BCUT2D eigenvalue weighted by atomic mass is 35.5. The van der Waals surface area contributed by atoms with Gasteiger partial charge in [-0.3, -0.25) is 9.59 Å². The van der Waals surface area contributed by atoms with Crippen molar-refractivity contribution >= 4 is 29.7 Å². The van der Waals surface area contributed by atoms with E-state index < -0.39 is 0 Å². The van der Waals surface area contributed by atoms with Crippen molar-refractivity contribution in [1.29, 1.82) is 0 Å². The largest absolute Gasteiger partial charge is 0.360 e. The van der Waals surface area contributed by atoms with Crippen LogP contribution in [0, 0.1) is 6.92 Å². The first-order valence-electron chi connectivity index (χ1n) is 8.55. The molecule has 0 N–H and O–H groups in total. The molecule has 0 bridgehead atoms. The number of aryl methyl sites for hydroxylation is 1. The maximum absolute atomic E-state index is 13.2. The highest BCUT2D eigenvalue weighted by Gasteiger charge is 2.27. The Kier molecular flexibility index (Phi) is 5.79. The molecule has 0 unspecified atom stereocenters. The van der Waals surface area contributed by atoms with Crippen LogP contribution in [0.1, 0.15) is 27.6 Å². The maximum Gasteiger partial charge on any atom is 0.274 e. The van der Waals surface area contributed by atoms with Gasteiger partial charge in [0, 0.05) is 31.7 Å². The van der Waals surface area contributed by atoms with E-state index in [0.717, 1.165) is 5.56 Å². The van der Waals surface area contributed by atoms with Gasteiger partial charge in [0.1, 0.15) is 5.82 Å². The van der Waals surface area contributed by atoms with Crippen LogP contribution in [-0.2, 0) is 17.9 Å². The molecule has 3 aromatic rings. The normalized spacial score (nSPS) is 10.7. The summed E-state index contributed by atoms with van der Waals surface area (Å²) in [6.07, 6.45) is 2.15. The van der Waals surface area contributed by atoms with E-state index >= 15 is 0 Å². The number of rotatable bonds is 7. The molecule has 8 nitrogen and oxygen atoms in total. The van der Waals surface area contributed by atoms with Crippen molar-refractivity contribution < 1.29 is 14.1 Å². The Hall–Kier alpha value is -3.13. The molecule has 0 aliphatic rings. The molecule has 2 aromatic heterocycles. The molecule has 9 heteroatoms. The lowest BCUT2D eigenvalue weighted by atomic mass is 10.2. The lowest BCUT2D eigenvalue weighted by Crippen LogP contribution is -2.30. The summed E-state index contributed by atoms with van der Waals surface area (Å²) >= 11 is 5.96. The van der Waals surface area contributed by atoms with Crippen molar-refractivity contribution in [2.75, 3.05) is 19.0 Å². The fourth-order valence-electron chi connectivity index (χ4n) is 2.83.